The van der Waals surface area contributed by atoms with E-state index in [4.69, 9.17) is 11.6 Å². The molecule has 2 rings (SSSR count). The van der Waals surface area contributed by atoms with Crippen LogP contribution in [0.5, 0.6) is 0 Å². The number of halogens is 1. The first-order valence-corrected chi connectivity index (χ1v) is 9.95. The largest absolute Gasteiger partial charge is 0.264 e. The molecule has 2 atom stereocenters. The summed E-state index contributed by atoms with van der Waals surface area (Å²) in [6.07, 6.45) is 3.66. The number of sulfonamides is 1. The fraction of sp³-hybridized carbons (Fsp3) is 0.500. The predicted octanol–water partition coefficient (Wildman–Crippen LogP) is 3.10. The zero-order chi connectivity index (χ0) is 17.7. The molecule has 0 saturated heterocycles. The average molecular weight is 371 g/mol. The van der Waals surface area contributed by atoms with Crippen LogP contribution in [0, 0.1) is 5.92 Å². The lowest BCUT2D eigenvalue weighted by atomic mass is 9.97. The number of aliphatic imine (C=N–C) groups is 1. The molecule has 132 valence electrons. The van der Waals surface area contributed by atoms with Crippen LogP contribution in [0.4, 0.5) is 0 Å². The second-order valence-electron chi connectivity index (χ2n) is 5.52. The molecular weight excluding hydrogens is 348 g/mol. The van der Waals surface area contributed by atoms with E-state index >= 15 is 0 Å². The summed E-state index contributed by atoms with van der Waals surface area (Å²) >= 11 is 5.90. The molecule has 0 amide bonds. The number of nitrogens with one attached hydrogen (secondary N) is 1. The van der Waals surface area contributed by atoms with Crippen molar-refractivity contribution in [3.8, 4) is 0 Å². The van der Waals surface area contributed by atoms with Gasteiger partial charge in [-0.3, -0.25) is 4.99 Å². The quantitative estimate of drug-likeness (QED) is 0.639. The number of benzene rings is 1. The van der Waals surface area contributed by atoms with Gasteiger partial charge in [-0.05, 0) is 38.0 Å². The van der Waals surface area contributed by atoms with Crippen LogP contribution in [0.3, 0.4) is 0 Å². The highest BCUT2D eigenvalue weighted by molar-refractivity contribution is 7.90. The van der Waals surface area contributed by atoms with Crippen molar-refractivity contribution in [2.24, 2.45) is 16.0 Å². The molecule has 1 aromatic rings. The van der Waals surface area contributed by atoms with Crippen LogP contribution in [0.2, 0.25) is 5.02 Å². The van der Waals surface area contributed by atoms with E-state index in [2.05, 4.69) is 28.7 Å². The number of nitrogens with zero attached hydrogens (tertiary/aromatic N) is 3. The third kappa shape index (κ3) is 4.08. The molecule has 0 aliphatic carbocycles. The van der Waals surface area contributed by atoms with E-state index in [0.717, 1.165) is 12.8 Å². The molecule has 24 heavy (non-hydrogen) atoms. The molecule has 2 unspecified atom stereocenters. The van der Waals surface area contributed by atoms with Crippen molar-refractivity contribution in [3.05, 3.63) is 29.3 Å². The van der Waals surface area contributed by atoms with Crippen molar-refractivity contribution in [1.82, 2.24) is 9.73 Å². The summed E-state index contributed by atoms with van der Waals surface area (Å²) in [5.41, 5.74) is 0. The summed E-state index contributed by atoms with van der Waals surface area (Å²) in [6, 6.07) is 6.24. The topological polar surface area (TPSA) is 74.1 Å². The lowest BCUT2D eigenvalue weighted by Crippen LogP contribution is -2.46. The Morgan fingerprint density at radius 2 is 2.08 bits per heavy atom. The third-order valence-corrected chi connectivity index (χ3v) is 5.50. The molecule has 6 nitrogen and oxygen atoms in total. The van der Waals surface area contributed by atoms with Gasteiger partial charge in [0.15, 0.2) is 0 Å². The fourth-order valence-electron chi connectivity index (χ4n) is 2.70. The van der Waals surface area contributed by atoms with Crippen LogP contribution in [-0.2, 0) is 10.0 Å². The van der Waals surface area contributed by atoms with Crippen molar-refractivity contribution >= 4 is 33.8 Å². The van der Waals surface area contributed by atoms with Gasteiger partial charge < -0.3 is 0 Å². The third-order valence-electron chi connectivity index (χ3n) is 3.94. The van der Waals surface area contributed by atoms with Gasteiger partial charge in [-0.15, -0.1) is 0 Å². The molecule has 0 radical (unpaired) electrons. The van der Waals surface area contributed by atoms with Crippen molar-refractivity contribution in [3.63, 3.8) is 0 Å². The SMILES string of the molecule is CCN=C(NS(=O)(=O)c1cccc(Cl)c1)N1N=CC(CC)C1CC. The Balaban J connectivity index is 2.30. The van der Waals surface area contributed by atoms with Crippen LogP contribution in [0.15, 0.2) is 39.3 Å². The van der Waals surface area contributed by atoms with Gasteiger partial charge >= 0.3 is 0 Å². The molecule has 1 aliphatic heterocycles. The van der Waals surface area contributed by atoms with E-state index < -0.39 is 10.0 Å². The number of hydrazone groups is 1. The van der Waals surface area contributed by atoms with Gasteiger partial charge in [-0.2, -0.15) is 5.10 Å². The van der Waals surface area contributed by atoms with Gasteiger partial charge in [-0.1, -0.05) is 31.5 Å². The van der Waals surface area contributed by atoms with Crippen molar-refractivity contribution in [2.75, 3.05) is 6.54 Å². The van der Waals surface area contributed by atoms with E-state index in [-0.39, 0.29) is 22.8 Å². The molecule has 0 aromatic heterocycles. The zero-order valence-corrected chi connectivity index (χ0v) is 15.7. The van der Waals surface area contributed by atoms with E-state index in [1.54, 1.807) is 17.1 Å². The zero-order valence-electron chi connectivity index (χ0n) is 14.1. The highest BCUT2D eigenvalue weighted by Crippen LogP contribution is 2.24. The minimum atomic E-state index is -3.78. The Kier molecular flexibility index (Phi) is 6.23. The van der Waals surface area contributed by atoms with Crippen LogP contribution in [0.1, 0.15) is 33.6 Å². The van der Waals surface area contributed by atoms with Crippen molar-refractivity contribution in [1.29, 1.82) is 0 Å². The molecular formula is C16H23ClN4O2S. The number of hydrogen-bond donors (Lipinski definition) is 1. The van der Waals surface area contributed by atoms with Crippen LogP contribution < -0.4 is 4.72 Å². The number of rotatable bonds is 5. The molecule has 1 heterocycles. The molecule has 0 bridgehead atoms. The highest BCUT2D eigenvalue weighted by atomic mass is 35.5. The molecule has 0 saturated carbocycles. The molecule has 1 aliphatic rings. The fourth-order valence-corrected chi connectivity index (χ4v) is 4.01. The summed E-state index contributed by atoms with van der Waals surface area (Å²) in [6.45, 7) is 6.46. The van der Waals surface area contributed by atoms with Gasteiger partial charge in [-0.25, -0.2) is 18.1 Å². The van der Waals surface area contributed by atoms with Crippen molar-refractivity contribution in [2.45, 2.75) is 44.6 Å². The standard InChI is InChI=1S/C16H23ClN4O2S/c1-4-12-11-19-21(15(12)5-2)16(18-6-3)20-24(22,23)14-9-7-8-13(17)10-14/h7-12,15H,4-6H2,1-3H3,(H,18,20). The monoisotopic (exact) mass is 370 g/mol. The summed E-state index contributed by atoms with van der Waals surface area (Å²) in [7, 11) is -3.78. The van der Waals surface area contributed by atoms with E-state index in [9.17, 15) is 8.42 Å². The summed E-state index contributed by atoms with van der Waals surface area (Å²) in [4.78, 5) is 4.41. The van der Waals surface area contributed by atoms with Crippen LogP contribution in [0.25, 0.3) is 0 Å². The maximum absolute atomic E-state index is 12.6. The second kappa shape index (κ2) is 7.98. The minimum Gasteiger partial charge on any atom is -0.251 e. The first-order valence-electron chi connectivity index (χ1n) is 8.09. The molecule has 1 aromatic carbocycles. The Labute approximate surface area is 148 Å². The lowest BCUT2D eigenvalue weighted by molar-refractivity contribution is 0.292. The van der Waals surface area contributed by atoms with Gasteiger partial charge in [0, 0.05) is 23.7 Å². The van der Waals surface area contributed by atoms with E-state index in [0.29, 0.717) is 11.6 Å². The second-order valence-corrected chi connectivity index (χ2v) is 7.64. The molecule has 8 heteroatoms. The Morgan fingerprint density at radius 1 is 1.33 bits per heavy atom. The first-order chi connectivity index (χ1) is 11.4. The Hall–Kier alpha value is -1.60. The summed E-state index contributed by atoms with van der Waals surface area (Å²) in [5, 5.41) is 6.42. The molecule has 1 N–H and O–H groups in total. The van der Waals surface area contributed by atoms with Gasteiger partial charge in [0.1, 0.15) is 0 Å². The van der Waals surface area contributed by atoms with Gasteiger partial charge in [0.2, 0.25) is 5.96 Å². The molecule has 0 fully saturated rings. The highest BCUT2D eigenvalue weighted by Gasteiger charge is 2.33. The first kappa shape index (κ1) is 18.7. The lowest BCUT2D eigenvalue weighted by Gasteiger charge is -2.27. The summed E-state index contributed by atoms with van der Waals surface area (Å²) < 4.78 is 27.9. The van der Waals surface area contributed by atoms with E-state index in [1.807, 2.05) is 13.1 Å². The summed E-state index contributed by atoms with van der Waals surface area (Å²) in [5.74, 6) is 0.532. The Morgan fingerprint density at radius 3 is 2.67 bits per heavy atom. The smallest absolute Gasteiger partial charge is 0.251 e. The van der Waals surface area contributed by atoms with Crippen molar-refractivity contribution < 1.29 is 8.42 Å². The van der Waals surface area contributed by atoms with Crippen LogP contribution in [-0.4, -0.2) is 38.2 Å². The maximum atomic E-state index is 12.6. The van der Waals surface area contributed by atoms with Crippen LogP contribution >= 0.6 is 11.6 Å². The number of guanidine groups is 1. The van der Waals surface area contributed by atoms with E-state index in [1.165, 1.54) is 12.1 Å². The Bertz CT molecular complexity index is 733. The van der Waals surface area contributed by atoms with Gasteiger partial charge in [0.25, 0.3) is 10.0 Å². The maximum Gasteiger partial charge on any atom is 0.264 e. The minimum absolute atomic E-state index is 0.0991. The predicted molar refractivity (Wildman–Crippen MR) is 97.9 cm³/mol. The average Bonchev–Trinajstić information content (AvgIpc) is 2.97. The molecule has 0 spiro atoms. The van der Waals surface area contributed by atoms with Gasteiger partial charge in [0.05, 0.1) is 10.9 Å². The normalized spacial score (nSPS) is 21.3. The number of hydrogen-bond acceptors (Lipinski definition) is 4.